The molecule has 0 aromatic heterocycles. The Bertz CT molecular complexity index is 790. The van der Waals surface area contributed by atoms with Crippen molar-refractivity contribution in [1.82, 2.24) is 4.72 Å². The summed E-state index contributed by atoms with van der Waals surface area (Å²) in [6.45, 7) is 3.82. The lowest BCUT2D eigenvalue weighted by atomic mass is 10.1. The Kier molecular flexibility index (Phi) is 5.48. The molecule has 1 atom stereocenters. The molecule has 138 valence electrons. The zero-order valence-corrected chi connectivity index (χ0v) is 14.4. The average Bonchev–Trinajstić information content (AvgIpc) is 2.52. The number of rotatable bonds is 7. The topological polar surface area (TPSA) is 145 Å². The zero-order chi connectivity index (χ0) is 18.8. The van der Waals surface area contributed by atoms with Gasteiger partial charge in [-0.05, 0) is 12.3 Å². The van der Waals surface area contributed by atoms with Crippen LogP contribution in [0.15, 0.2) is 17.0 Å². The number of sulfonamides is 1. The van der Waals surface area contributed by atoms with Gasteiger partial charge in [0.25, 0.3) is 5.69 Å². The van der Waals surface area contributed by atoms with E-state index in [4.69, 9.17) is 9.47 Å². The van der Waals surface area contributed by atoms with Crippen LogP contribution >= 0.6 is 0 Å². The fourth-order valence-corrected chi connectivity index (χ4v) is 3.71. The van der Waals surface area contributed by atoms with Crippen LogP contribution in [-0.2, 0) is 14.8 Å². The van der Waals surface area contributed by atoms with Crippen molar-refractivity contribution in [3.05, 3.63) is 22.2 Å². The Morgan fingerprint density at radius 1 is 1.32 bits per heavy atom. The SMILES string of the molecule is CC(C)C[C@H](NS(=O)(=O)c1cc2c(cc1[N+](=O)[O-])OCCO2)C(=O)O. The summed E-state index contributed by atoms with van der Waals surface area (Å²) in [4.78, 5) is 21.0. The Balaban J connectivity index is 2.47. The van der Waals surface area contributed by atoms with Crippen LogP contribution in [0.4, 0.5) is 5.69 Å². The van der Waals surface area contributed by atoms with Crippen LogP contribution in [0.1, 0.15) is 20.3 Å². The second-order valence-corrected chi connectivity index (χ2v) is 7.54. The number of carbonyl (C=O) groups is 1. The van der Waals surface area contributed by atoms with Crippen molar-refractivity contribution in [3.8, 4) is 11.5 Å². The molecule has 0 spiro atoms. The minimum absolute atomic E-state index is 0.0346. The lowest BCUT2D eigenvalue weighted by Gasteiger charge is -2.20. The number of carboxylic acid groups (broad SMARTS) is 1. The van der Waals surface area contributed by atoms with E-state index in [-0.39, 0.29) is 37.1 Å². The van der Waals surface area contributed by atoms with Crippen LogP contribution in [0.3, 0.4) is 0 Å². The van der Waals surface area contributed by atoms with Crippen molar-refractivity contribution in [2.24, 2.45) is 5.92 Å². The molecular weight excluding hydrogens is 356 g/mol. The van der Waals surface area contributed by atoms with Crippen molar-refractivity contribution in [3.63, 3.8) is 0 Å². The normalized spacial score (nSPS) is 15.0. The fraction of sp³-hybridized carbons (Fsp3) is 0.500. The number of ether oxygens (including phenoxy) is 2. The summed E-state index contributed by atoms with van der Waals surface area (Å²) in [5.74, 6) is -1.35. The van der Waals surface area contributed by atoms with Crippen LogP contribution in [0.5, 0.6) is 11.5 Å². The van der Waals surface area contributed by atoms with Crippen LogP contribution in [-0.4, -0.2) is 43.7 Å². The number of hydrogen-bond acceptors (Lipinski definition) is 7. The molecule has 0 fully saturated rings. The summed E-state index contributed by atoms with van der Waals surface area (Å²) in [6, 6.07) is 0.530. The van der Waals surface area contributed by atoms with Gasteiger partial charge in [-0.3, -0.25) is 14.9 Å². The van der Waals surface area contributed by atoms with Gasteiger partial charge in [0.2, 0.25) is 10.0 Å². The average molecular weight is 374 g/mol. The van der Waals surface area contributed by atoms with Crippen molar-refractivity contribution < 1.29 is 32.7 Å². The maximum Gasteiger partial charge on any atom is 0.321 e. The first-order chi connectivity index (χ1) is 11.6. The number of hydrogen-bond donors (Lipinski definition) is 2. The highest BCUT2D eigenvalue weighted by Crippen LogP contribution is 2.38. The van der Waals surface area contributed by atoms with Gasteiger partial charge in [-0.15, -0.1) is 0 Å². The number of carboxylic acids is 1. The minimum Gasteiger partial charge on any atom is -0.486 e. The van der Waals surface area contributed by atoms with Crippen LogP contribution in [0.25, 0.3) is 0 Å². The number of nitro groups is 1. The molecule has 2 N–H and O–H groups in total. The van der Waals surface area contributed by atoms with Gasteiger partial charge in [-0.25, -0.2) is 8.42 Å². The second-order valence-electron chi connectivity index (χ2n) is 5.86. The summed E-state index contributed by atoms with van der Waals surface area (Å²) in [5, 5.41) is 20.4. The van der Waals surface area contributed by atoms with E-state index in [9.17, 15) is 28.4 Å². The molecule has 0 aliphatic carbocycles. The maximum absolute atomic E-state index is 12.6. The number of aliphatic carboxylic acids is 1. The molecule has 1 aliphatic rings. The van der Waals surface area contributed by atoms with Gasteiger partial charge in [-0.1, -0.05) is 13.8 Å². The Morgan fingerprint density at radius 2 is 1.88 bits per heavy atom. The lowest BCUT2D eigenvalue weighted by molar-refractivity contribution is -0.388. The predicted molar refractivity (Wildman–Crippen MR) is 85.3 cm³/mol. The van der Waals surface area contributed by atoms with E-state index in [1.54, 1.807) is 13.8 Å². The van der Waals surface area contributed by atoms with Crippen molar-refractivity contribution in [2.75, 3.05) is 13.2 Å². The van der Waals surface area contributed by atoms with E-state index >= 15 is 0 Å². The zero-order valence-electron chi connectivity index (χ0n) is 13.6. The van der Waals surface area contributed by atoms with Gasteiger partial charge in [0.15, 0.2) is 16.4 Å². The third kappa shape index (κ3) is 4.37. The number of nitrogens with one attached hydrogen (secondary N) is 1. The molecule has 0 bridgehead atoms. The number of nitro benzene ring substituents is 1. The van der Waals surface area contributed by atoms with E-state index in [0.717, 1.165) is 12.1 Å². The van der Waals surface area contributed by atoms with Crippen LogP contribution < -0.4 is 14.2 Å². The Morgan fingerprint density at radius 3 is 2.36 bits per heavy atom. The predicted octanol–water partition coefficient (Wildman–Crippen LogP) is 1.14. The van der Waals surface area contributed by atoms with E-state index < -0.39 is 37.5 Å². The molecule has 0 radical (unpaired) electrons. The lowest BCUT2D eigenvalue weighted by Crippen LogP contribution is -2.41. The molecule has 0 saturated heterocycles. The molecule has 2 rings (SSSR count). The van der Waals surface area contributed by atoms with E-state index in [2.05, 4.69) is 0 Å². The molecule has 0 amide bonds. The molecule has 0 saturated carbocycles. The van der Waals surface area contributed by atoms with E-state index in [0.29, 0.717) is 0 Å². The van der Waals surface area contributed by atoms with E-state index in [1.165, 1.54) is 0 Å². The third-order valence-electron chi connectivity index (χ3n) is 3.41. The smallest absolute Gasteiger partial charge is 0.321 e. The minimum atomic E-state index is -4.47. The Hall–Kier alpha value is -2.40. The van der Waals surface area contributed by atoms with Crippen molar-refractivity contribution in [1.29, 1.82) is 0 Å². The Labute approximate surface area is 143 Å². The monoisotopic (exact) mass is 374 g/mol. The molecule has 1 aromatic carbocycles. The largest absolute Gasteiger partial charge is 0.486 e. The van der Waals surface area contributed by atoms with Crippen molar-refractivity contribution >= 4 is 21.7 Å². The summed E-state index contributed by atoms with van der Waals surface area (Å²) < 4.78 is 37.6. The molecular formula is C14H18N2O8S. The first kappa shape index (κ1) is 18.9. The van der Waals surface area contributed by atoms with Gasteiger partial charge in [0, 0.05) is 6.07 Å². The molecule has 1 aliphatic heterocycles. The van der Waals surface area contributed by atoms with Gasteiger partial charge in [0.05, 0.1) is 11.0 Å². The summed E-state index contributed by atoms with van der Waals surface area (Å²) in [7, 11) is -4.47. The van der Waals surface area contributed by atoms with Gasteiger partial charge < -0.3 is 14.6 Å². The molecule has 10 nitrogen and oxygen atoms in total. The number of nitrogens with zero attached hydrogens (tertiary/aromatic N) is 1. The summed E-state index contributed by atoms with van der Waals surface area (Å²) >= 11 is 0. The highest BCUT2D eigenvalue weighted by molar-refractivity contribution is 7.89. The van der Waals surface area contributed by atoms with Crippen LogP contribution in [0, 0.1) is 16.0 Å². The van der Waals surface area contributed by atoms with Crippen LogP contribution in [0.2, 0.25) is 0 Å². The van der Waals surface area contributed by atoms with Gasteiger partial charge >= 0.3 is 5.97 Å². The summed E-state index contributed by atoms with van der Waals surface area (Å²) in [5.41, 5.74) is -0.717. The summed E-state index contributed by atoms with van der Waals surface area (Å²) in [6.07, 6.45) is 0.0346. The van der Waals surface area contributed by atoms with Crippen molar-refractivity contribution in [2.45, 2.75) is 31.2 Å². The number of fused-ring (bicyclic) bond motifs is 1. The fourth-order valence-electron chi connectivity index (χ4n) is 2.34. The maximum atomic E-state index is 12.6. The van der Waals surface area contributed by atoms with E-state index in [1.807, 2.05) is 4.72 Å². The highest BCUT2D eigenvalue weighted by Gasteiger charge is 2.33. The molecule has 25 heavy (non-hydrogen) atoms. The number of benzene rings is 1. The molecule has 1 heterocycles. The second kappa shape index (κ2) is 7.23. The molecule has 0 unspecified atom stereocenters. The van der Waals surface area contributed by atoms with Gasteiger partial charge in [0.1, 0.15) is 19.3 Å². The van der Waals surface area contributed by atoms with Gasteiger partial charge in [-0.2, -0.15) is 4.72 Å². The quantitative estimate of drug-likeness (QED) is 0.534. The first-order valence-electron chi connectivity index (χ1n) is 7.45. The molecule has 11 heteroatoms. The third-order valence-corrected chi connectivity index (χ3v) is 4.91. The standard InChI is InChI=1S/C14H18N2O8S/c1-8(2)5-9(14(17)18)15-25(21,22)13-7-12-11(23-3-4-24-12)6-10(13)16(19)20/h6-9,15H,3-5H2,1-2H3,(H,17,18)/t9-/m0/s1. The molecule has 1 aromatic rings. The highest BCUT2D eigenvalue weighted by atomic mass is 32.2. The first-order valence-corrected chi connectivity index (χ1v) is 8.93.